The molecular formula is C19H14O3. The maximum atomic E-state index is 12.6. The van der Waals surface area contributed by atoms with Gasteiger partial charge in [-0.3, -0.25) is 9.59 Å². The quantitative estimate of drug-likeness (QED) is 0.588. The average Bonchev–Trinajstić information content (AvgIpc) is 2.55. The van der Waals surface area contributed by atoms with Gasteiger partial charge in [0.1, 0.15) is 12.0 Å². The third-order valence-corrected chi connectivity index (χ3v) is 3.66. The summed E-state index contributed by atoms with van der Waals surface area (Å²) in [5.41, 5.74) is 2.24. The van der Waals surface area contributed by atoms with E-state index in [1.165, 1.54) is 6.07 Å². The lowest BCUT2D eigenvalue weighted by molar-refractivity contribution is 0.103. The molecule has 1 N–H and O–H groups in total. The van der Waals surface area contributed by atoms with Crippen molar-refractivity contribution in [2.24, 2.45) is 0 Å². The van der Waals surface area contributed by atoms with E-state index >= 15 is 0 Å². The molecule has 0 saturated carbocycles. The molecule has 0 saturated heterocycles. The lowest BCUT2D eigenvalue weighted by Gasteiger charge is -2.07. The number of ketones is 1. The molecule has 0 heterocycles. The summed E-state index contributed by atoms with van der Waals surface area (Å²) in [7, 11) is 0. The maximum absolute atomic E-state index is 12.6. The van der Waals surface area contributed by atoms with Crippen molar-refractivity contribution in [1.29, 1.82) is 0 Å². The third kappa shape index (κ3) is 2.49. The van der Waals surface area contributed by atoms with Gasteiger partial charge in [0, 0.05) is 11.1 Å². The van der Waals surface area contributed by atoms with Crippen LogP contribution >= 0.6 is 0 Å². The van der Waals surface area contributed by atoms with Gasteiger partial charge in [-0.25, -0.2) is 0 Å². The molecule has 0 bridgehead atoms. The minimum absolute atomic E-state index is 0.0302. The van der Waals surface area contributed by atoms with Crippen LogP contribution in [0.4, 0.5) is 0 Å². The second-order valence-electron chi connectivity index (χ2n) is 5.29. The van der Waals surface area contributed by atoms with Gasteiger partial charge >= 0.3 is 0 Å². The van der Waals surface area contributed by atoms with Crippen LogP contribution < -0.4 is 0 Å². The highest BCUT2D eigenvalue weighted by atomic mass is 16.3. The highest BCUT2D eigenvalue weighted by Gasteiger charge is 2.14. The van der Waals surface area contributed by atoms with E-state index in [1.807, 2.05) is 19.1 Å². The molecule has 3 aromatic rings. The zero-order chi connectivity index (χ0) is 15.7. The SMILES string of the molecule is Cc1ccc(O)c(C(=O)c2ccc3ccc(C=O)cc3c2)c1. The van der Waals surface area contributed by atoms with Crippen LogP contribution in [0.5, 0.6) is 5.75 Å². The summed E-state index contributed by atoms with van der Waals surface area (Å²) in [4.78, 5) is 23.5. The molecule has 0 aliphatic heterocycles. The van der Waals surface area contributed by atoms with E-state index < -0.39 is 0 Å². The first kappa shape index (κ1) is 14.0. The molecule has 0 radical (unpaired) electrons. The number of hydrogen-bond donors (Lipinski definition) is 1. The van der Waals surface area contributed by atoms with Crippen LogP contribution in [0.1, 0.15) is 31.8 Å². The van der Waals surface area contributed by atoms with Gasteiger partial charge in [-0.1, -0.05) is 35.9 Å². The lowest BCUT2D eigenvalue weighted by atomic mass is 9.97. The van der Waals surface area contributed by atoms with Crippen molar-refractivity contribution in [3.8, 4) is 5.75 Å². The molecule has 0 amide bonds. The number of carbonyl (C=O) groups excluding carboxylic acids is 2. The molecule has 108 valence electrons. The molecule has 3 nitrogen and oxygen atoms in total. The number of fused-ring (bicyclic) bond motifs is 1. The highest BCUT2D eigenvalue weighted by molar-refractivity contribution is 6.12. The average molecular weight is 290 g/mol. The molecule has 3 heteroatoms. The number of aldehydes is 1. The van der Waals surface area contributed by atoms with Crippen LogP contribution in [0.25, 0.3) is 10.8 Å². The van der Waals surface area contributed by atoms with Crippen LogP contribution in [0, 0.1) is 6.92 Å². The number of aryl methyl sites for hydroxylation is 1. The van der Waals surface area contributed by atoms with Crippen LogP contribution in [0.3, 0.4) is 0 Å². The number of phenolic OH excluding ortho intramolecular Hbond substituents is 1. The maximum Gasteiger partial charge on any atom is 0.196 e. The van der Waals surface area contributed by atoms with Gasteiger partial charge in [0.05, 0.1) is 5.56 Å². The molecule has 3 rings (SSSR count). The van der Waals surface area contributed by atoms with Crippen molar-refractivity contribution in [3.05, 3.63) is 76.9 Å². The number of rotatable bonds is 3. The van der Waals surface area contributed by atoms with Gasteiger partial charge in [-0.2, -0.15) is 0 Å². The number of phenols is 1. The van der Waals surface area contributed by atoms with Gasteiger partial charge in [-0.05, 0) is 42.0 Å². The zero-order valence-electron chi connectivity index (χ0n) is 12.0. The number of benzene rings is 3. The molecule has 22 heavy (non-hydrogen) atoms. The topological polar surface area (TPSA) is 54.4 Å². The Morgan fingerprint density at radius 1 is 0.955 bits per heavy atom. The Balaban J connectivity index is 2.10. The van der Waals surface area contributed by atoms with Crippen molar-refractivity contribution in [2.75, 3.05) is 0 Å². The predicted octanol–water partition coefficient (Wildman–Crippen LogP) is 3.90. The number of aromatic hydroxyl groups is 1. The van der Waals surface area contributed by atoms with Crippen LogP contribution in [-0.2, 0) is 0 Å². The summed E-state index contributed by atoms with van der Waals surface area (Å²) in [6.07, 6.45) is 0.778. The Morgan fingerprint density at radius 2 is 1.73 bits per heavy atom. The third-order valence-electron chi connectivity index (χ3n) is 3.66. The summed E-state index contributed by atoms with van der Waals surface area (Å²) in [6.45, 7) is 1.87. The van der Waals surface area contributed by atoms with Crippen molar-refractivity contribution in [2.45, 2.75) is 6.92 Å². The van der Waals surface area contributed by atoms with Gasteiger partial charge in [0.15, 0.2) is 5.78 Å². The van der Waals surface area contributed by atoms with Gasteiger partial charge < -0.3 is 5.11 Å². The minimum atomic E-state index is -0.236. The predicted molar refractivity (Wildman–Crippen MR) is 85.6 cm³/mol. The Kier molecular flexibility index (Phi) is 3.47. The Hall–Kier alpha value is -2.94. The van der Waals surface area contributed by atoms with E-state index in [1.54, 1.807) is 36.4 Å². The molecule has 0 fully saturated rings. The fourth-order valence-electron chi connectivity index (χ4n) is 2.47. The summed E-state index contributed by atoms with van der Waals surface area (Å²) >= 11 is 0. The summed E-state index contributed by atoms with van der Waals surface area (Å²) < 4.78 is 0. The highest BCUT2D eigenvalue weighted by Crippen LogP contribution is 2.24. The van der Waals surface area contributed by atoms with Crippen LogP contribution in [0.2, 0.25) is 0 Å². The summed E-state index contributed by atoms with van der Waals surface area (Å²) in [6, 6.07) is 15.6. The van der Waals surface area contributed by atoms with Crippen LogP contribution in [0.15, 0.2) is 54.6 Å². The fraction of sp³-hybridized carbons (Fsp3) is 0.0526. The second-order valence-corrected chi connectivity index (χ2v) is 5.29. The normalized spacial score (nSPS) is 10.6. The van der Waals surface area contributed by atoms with Gasteiger partial charge in [-0.15, -0.1) is 0 Å². The molecule has 0 aromatic heterocycles. The van der Waals surface area contributed by atoms with E-state index in [4.69, 9.17) is 0 Å². The first-order chi connectivity index (χ1) is 10.6. The monoisotopic (exact) mass is 290 g/mol. The molecule has 0 aliphatic rings. The smallest absolute Gasteiger partial charge is 0.196 e. The minimum Gasteiger partial charge on any atom is -0.507 e. The number of hydrogen-bond acceptors (Lipinski definition) is 3. The lowest BCUT2D eigenvalue weighted by Crippen LogP contribution is -2.02. The molecule has 0 unspecified atom stereocenters. The summed E-state index contributed by atoms with van der Waals surface area (Å²) in [5, 5.41) is 11.7. The molecular weight excluding hydrogens is 276 g/mol. The van der Waals surface area contributed by atoms with E-state index in [2.05, 4.69) is 0 Å². The standard InChI is InChI=1S/C19H14O3/c1-12-2-7-18(21)17(8-12)19(22)15-6-5-14-4-3-13(11-20)9-16(14)10-15/h2-11,21H,1H3. The fourth-order valence-corrected chi connectivity index (χ4v) is 2.47. The van der Waals surface area contributed by atoms with Crippen LogP contribution in [-0.4, -0.2) is 17.2 Å². The van der Waals surface area contributed by atoms with E-state index in [0.29, 0.717) is 11.1 Å². The first-order valence-electron chi connectivity index (χ1n) is 6.92. The number of carbonyl (C=O) groups is 2. The summed E-state index contributed by atoms with van der Waals surface area (Å²) in [5.74, 6) is -0.267. The zero-order valence-corrected chi connectivity index (χ0v) is 12.0. The Morgan fingerprint density at radius 3 is 2.50 bits per heavy atom. The Bertz CT molecular complexity index is 894. The molecule has 0 spiro atoms. The second kappa shape index (κ2) is 5.45. The van der Waals surface area contributed by atoms with E-state index in [0.717, 1.165) is 22.6 Å². The van der Waals surface area contributed by atoms with Gasteiger partial charge in [0.2, 0.25) is 0 Å². The first-order valence-corrected chi connectivity index (χ1v) is 6.92. The van der Waals surface area contributed by atoms with Gasteiger partial charge in [0.25, 0.3) is 0 Å². The Labute approximate surface area is 127 Å². The molecule has 0 aliphatic carbocycles. The molecule has 0 atom stereocenters. The van der Waals surface area contributed by atoms with Crippen molar-refractivity contribution >= 4 is 22.8 Å². The van der Waals surface area contributed by atoms with E-state index in [-0.39, 0.29) is 17.1 Å². The largest absolute Gasteiger partial charge is 0.507 e. The van der Waals surface area contributed by atoms with Crippen molar-refractivity contribution in [1.82, 2.24) is 0 Å². The van der Waals surface area contributed by atoms with E-state index in [9.17, 15) is 14.7 Å². The molecule has 3 aromatic carbocycles. The van der Waals surface area contributed by atoms with Crippen molar-refractivity contribution in [3.63, 3.8) is 0 Å². The van der Waals surface area contributed by atoms with Crippen molar-refractivity contribution < 1.29 is 14.7 Å².